The van der Waals surface area contributed by atoms with Crippen LogP contribution in [0.5, 0.6) is 17.2 Å². The first-order valence-corrected chi connectivity index (χ1v) is 7.24. The molecule has 0 fully saturated rings. The average Bonchev–Trinajstić information content (AvgIpc) is 2.60. The molecule has 0 aromatic heterocycles. The second kappa shape index (κ2) is 9.19. The van der Waals surface area contributed by atoms with Gasteiger partial charge in [-0.2, -0.15) is 0 Å². The Hall–Kier alpha value is -2.89. The average molecular weight is 316 g/mol. The van der Waals surface area contributed by atoms with Gasteiger partial charge in [0.15, 0.2) is 6.73 Å². The quantitative estimate of drug-likeness (QED) is 0.580. The van der Waals surface area contributed by atoms with Crippen molar-refractivity contribution in [2.24, 2.45) is 0 Å². The highest BCUT2D eigenvalue weighted by Gasteiger charge is 2.00. The van der Waals surface area contributed by atoms with E-state index in [1.807, 2.05) is 54.6 Å². The lowest BCUT2D eigenvalue weighted by molar-refractivity contribution is 0.220. The van der Waals surface area contributed by atoms with Crippen LogP contribution in [-0.4, -0.2) is 33.0 Å². The van der Waals surface area contributed by atoms with E-state index in [-0.39, 0.29) is 12.8 Å². The number of para-hydroxylation sites is 1. The molecular weight excluding hydrogens is 296 g/mol. The minimum atomic E-state index is -0.306. The lowest BCUT2D eigenvalue weighted by Crippen LogP contribution is -2.39. The van der Waals surface area contributed by atoms with Crippen molar-refractivity contribution in [1.82, 2.24) is 10.6 Å². The van der Waals surface area contributed by atoms with E-state index >= 15 is 0 Å². The SMILES string of the molecule is COc1ccc(OCCNC(=O)NCOc2ccccc2)cc1. The Labute approximate surface area is 135 Å². The van der Waals surface area contributed by atoms with Crippen LogP contribution in [0.3, 0.4) is 0 Å². The molecule has 0 atom stereocenters. The predicted octanol–water partition coefficient (Wildman–Crippen LogP) is 2.41. The lowest BCUT2D eigenvalue weighted by atomic mass is 10.3. The van der Waals surface area contributed by atoms with Crippen LogP contribution >= 0.6 is 0 Å². The number of hydrogen-bond acceptors (Lipinski definition) is 4. The Morgan fingerprint density at radius 1 is 0.870 bits per heavy atom. The summed E-state index contributed by atoms with van der Waals surface area (Å²) in [6.07, 6.45) is 0. The third-order valence-corrected chi connectivity index (χ3v) is 2.93. The number of rotatable bonds is 8. The zero-order valence-corrected chi connectivity index (χ0v) is 13.0. The van der Waals surface area contributed by atoms with Gasteiger partial charge in [-0.3, -0.25) is 0 Å². The van der Waals surface area contributed by atoms with Crippen LogP contribution in [0.2, 0.25) is 0 Å². The van der Waals surface area contributed by atoms with Crippen molar-refractivity contribution < 1.29 is 19.0 Å². The predicted molar refractivity (Wildman–Crippen MR) is 87.0 cm³/mol. The third kappa shape index (κ3) is 6.17. The minimum absolute atomic E-state index is 0.106. The second-order valence-corrected chi connectivity index (χ2v) is 4.56. The van der Waals surface area contributed by atoms with Crippen molar-refractivity contribution in [3.05, 3.63) is 54.6 Å². The molecule has 2 rings (SSSR count). The summed E-state index contributed by atoms with van der Waals surface area (Å²) in [5.41, 5.74) is 0. The number of benzene rings is 2. The fourth-order valence-electron chi connectivity index (χ4n) is 1.77. The standard InChI is InChI=1S/C17H20N2O4/c1-21-14-7-9-16(10-8-14)22-12-11-18-17(20)19-13-23-15-5-3-2-4-6-15/h2-10H,11-13H2,1H3,(H2,18,19,20). The summed E-state index contributed by atoms with van der Waals surface area (Å²) in [6, 6.07) is 16.2. The molecule has 2 amide bonds. The van der Waals surface area contributed by atoms with Crippen LogP contribution in [0.4, 0.5) is 4.79 Å². The zero-order valence-electron chi connectivity index (χ0n) is 13.0. The van der Waals surface area contributed by atoms with E-state index in [9.17, 15) is 4.79 Å². The molecule has 0 aliphatic rings. The summed E-state index contributed by atoms with van der Waals surface area (Å²) in [6.45, 7) is 0.873. The van der Waals surface area contributed by atoms with Gasteiger partial charge in [0.25, 0.3) is 0 Å². The number of ether oxygens (including phenoxy) is 3. The summed E-state index contributed by atoms with van der Waals surface area (Å²) in [7, 11) is 1.61. The highest BCUT2D eigenvalue weighted by atomic mass is 16.5. The maximum Gasteiger partial charge on any atom is 0.317 e. The van der Waals surface area contributed by atoms with Gasteiger partial charge in [-0.25, -0.2) is 4.79 Å². The summed E-state index contributed by atoms with van der Waals surface area (Å²) >= 11 is 0. The van der Waals surface area contributed by atoms with Gasteiger partial charge in [0, 0.05) is 0 Å². The summed E-state index contributed by atoms with van der Waals surface area (Å²) in [4.78, 5) is 11.6. The Balaban J connectivity index is 1.55. The first-order chi connectivity index (χ1) is 11.3. The molecule has 6 nitrogen and oxygen atoms in total. The van der Waals surface area contributed by atoms with E-state index in [4.69, 9.17) is 14.2 Å². The molecule has 2 N–H and O–H groups in total. The molecule has 122 valence electrons. The fraction of sp³-hybridized carbons (Fsp3) is 0.235. The molecule has 0 unspecified atom stereocenters. The van der Waals surface area contributed by atoms with Crippen molar-refractivity contribution in [1.29, 1.82) is 0 Å². The molecular formula is C17H20N2O4. The number of nitrogens with one attached hydrogen (secondary N) is 2. The maximum atomic E-state index is 11.6. The Kier molecular flexibility index (Phi) is 6.59. The highest BCUT2D eigenvalue weighted by Crippen LogP contribution is 2.16. The van der Waals surface area contributed by atoms with E-state index in [0.717, 1.165) is 11.5 Å². The molecule has 23 heavy (non-hydrogen) atoms. The van der Waals surface area contributed by atoms with Crippen molar-refractivity contribution in [3.8, 4) is 17.2 Å². The number of methoxy groups -OCH3 is 1. The first kappa shape index (κ1) is 16.5. The topological polar surface area (TPSA) is 68.8 Å². The summed E-state index contributed by atoms with van der Waals surface area (Å²) in [5, 5.41) is 5.28. The molecule has 0 spiro atoms. The normalized spacial score (nSPS) is 9.78. The van der Waals surface area contributed by atoms with E-state index in [2.05, 4.69) is 10.6 Å². The number of carbonyl (C=O) groups is 1. The van der Waals surface area contributed by atoms with Gasteiger partial charge in [0.2, 0.25) is 0 Å². The second-order valence-electron chi connectivity index (χ2n) is 4.56. The van der Waals surface area contributed by atoms with Gasteiger partial charge < -0.3 is 24.8 Å². The number of urea groups is 1. The van der Waals surface area contributed by atoms with E-state index in [0.29, 0.717) is 18.9 Å². The highest BCUT2D eigenvalue weighted by molar-refractivity contribution is 5.73. The van der Waals surface area contributed by atoms with Gasteiger partial charge >= 0.3 is 6.03 Å². The molecule has 0 radical (unpaired) electrons. The van der Waals surface area contributed by atoms with Crippen molar-refractivity contribution in [3.63, 3.8) is 0 Å². The summed E-state index contributed by atoms with van der Waals surface area (Å²) < 4.78 is 15.9. The first-order valence-electron chi connectivity index (χ1n) is 7.24. The molecule has 0 bridgehead atoms. The van der Waals surface area contributed by atoms with Gasteiger partial charge in [-0.15, -0.1) is 0 Å². The molecule has 0 saturated heterocycles. The Bertz CT molecular complexity index is 587. The van der Waals surface area contributed by atoms with Gasteiger partial charge in [-0.1, -0.05) is 18.2 Å². The molecule has 2 aromatic carbocycles. The van der Waals surface area contributed by atoms with Crippen molar-refractivity contribution >= 4 is 6.03 Å². The molecule has 2 aromatic rings. The Morgan fingerprint density at radius 2 is 1.52 bits per heavy atom. The molecule has 6 heteroatoms. The molecule has 0 saturated carbocycles. The van der Waals surface area contributed by atoms with Gasteiger partial charge in [-0.05, 0) is 36.4 Å². The van der Waals surface area contributed by atoms with Gasteiger partial charge in [0.1, 0.15) is 23.9 Å². The van der Waals surface area contributed by atoms with Crippen LogP contribution in [0, 0.1) is 0 Å². The fourth-order valence-corrected chi connectivity index (χ4v) is 1.77. The monoisotopic (exact) mass is 316 g/mol. The number of hydrogen-bond donors (Lipinski definition) is 2. The minimum Gasteiger partial charge on any atom is -0.497 e. The largest absolute Gasteiger partial charge is 0.497 e. The van der Waals surface area contributed by atoms with Crippen LogP contribution in [-0.2, 0) is 0 Å². The van der Waals surface area contributed by atoms with Crippen LogP contribution in [0.1, 0.15) is 0 Å². The smallest absolute Gasteiger partial charge is 0.317 e. The van der Waals surface area contributed by atoms with Gasteiger partial charge in [0.05, 0.1) is 13.7 Å². The van der Waals surface area contributed by atoms with E-state index in [1.165, 1.54) is 0 Å². The number of carbonyl (C=O) groups excluding carboxylic acids is 1. The van der Waals surface area contributed by atoms with Crippen molar-refractivity contribution in [2.45, 2.75) is 0 Å². The van der Waals surface area contributed by atoms with Crippen LogP contribution in [0.15, 0.2) is 54.6 Å². The lowest BCUT2D eigenvalue weighted by Gasteiger charge is -2.10. The van der Waals surface area contributed by atoms with E-state index in [1.54, 1.807) is 7.11 Å². The number of amides is 2. The van der Waals surface area contributed by atoms with E-state index < -0.39 is 0 Å². The molecule has 0 heterocycles. The van der Waals surface area contributed by atoms with Crippen LogP contribution in [0.25, 0.3) is 0 Å². The molecule has 0 aliphatic heterocycles. The summed E-state index contributed by atoms with van der Waals surface area (Å²) in [5.74, 6) is 2.20. The molecule has 0 aliphatic carbocycles. The Morgan fingerprint density at radius 3 is 2.22 bits per heavy atom. The third-order valence-electron chi connectivity index (χ3n) is 2.93. The van der Waals surface area contributed by atoms with Crippen LogP contribution < -0.4 is 24.8 Å². The zero-order chi connectivity index (χ0) is 16.3. The van der Waals surface area contributed by atoms with Crippen molar-refractivity contribution in [2.75, 3.05) is 27.0 Å². The maximum absolute atomic E-state index is 11.6.